The maximum atomic E-state index is 14.3. The van der Waals surface area contributed by atoms with E-state index < -0.39 is 30.2 Å². The van der Waals surface area contributed by atoms with E-state index in [1.807, 2.05) is 0 Å². The summed E-state index contributed by atoms with van der Waals surface area (Å²) in [6.45, 7) is 1.30. The highest BCUT2D eigenvalue weighted by Gasteiger charge is 2.54. The number of alkyl halides is 1. The summed E-state index contributed by atoms with van der Waals surface area (Å²) in [7, 11) is 0. The normalized spacial score (nSPS) is 37.8. The molecule has 0 aromatic heterocycles. The fourth-order valence-corrected chi connectivity index (χ4v) is 2.19. The molecule has 0 radical (unpaired) electrons. The third-order valence-electron chi connectivity index (χ3n) is 3.24. The van der Waals surface area contributed by atoms with Gasteiger partial charge in [0.25, 0.3) is 0 Å². The van der Waals surface area contributed by atoms with Crippen molar-refractivity contribution in [2.75, 3.05) is 0 Å². The molecule has 1 saturated heterocycles. The van der Waals surface area contributed by atoms with Crippen molar-refractivity contribution in [1.29, 1.82) is 0 Å². The van der Waals surface area contributed by atoms with Gasteiger partial charge in [-0.05, 0) is 24.6 Å². The Balaban J connectivity index is 2.24. The van der Waals surface area contributed by atoms with E-state index in [0.717, 1.165) is 0 Å². The van der Waals surface area contributed by atoms with Crippen LogP contribution in [0, 0.1) is 0 Å². The van der Waals surface area contributed by atoms with Crippen LogP contribution in [0.15, 0.2) is 24.3 Å². The molecule has 0 saturated carbocycles. The molecule has 2 rings (SSSR count). The quantitative estimate of drug-likeness (QED) is 0.757. The standard InChI is InChI=1S/C12H15ClFNO3/c1-12(17)9(16)11(15)18-10(12)8(14)6-2-4-7(13)5-3-6/h2-5,8-11,16-17H,15H2,1H3/t8-,9+,10-,11-,12+/m1/s1. The summed E-state index contributed by atoms with van der Waals surface area (Å²) in [5.41, 5.74) is 4.04. The van der Waals surface area contributed by atoms with Crippen molar-refractivity contribution in [3.05, 3.63) is 34.9 Å². The fourth-order valence-electron chi connectivity index (χ4n) is 2.07. The monoisotopic (exact) mass is 275 g/mol. The summed E-state index contributed by atoms with van der Waals surface area (Å²) in [6, 6.07) is 6.10. The first-order chi connectivity index (χ1) is 8.34. The van der Waals surface area contributed by atoms with Crippen LogP contribution in [0.3, 0.4) is 0 Å². The zero-order valence-corrected chi connectivity index (χ0v) is 10.5. The molecule has 1 aromatic carbocycles. The maximum absolute atomic E-state index is 14.3. The number of rotatable bonds is 2. The fraction of sp³-hybridized carbons (Fsp3) is 0.500. The van der Waals surface area contributed by atoms with E-state index in [1.54, 1.807) is 12.1 Å². The summed E-state index contributed by atoms with van der Waals surface area (Å²) >= 11 is 5.72. The molecule has 5 atom stereocenters. The molecule has 18 heavy (non-hydrogen) atoms. The van der Waals surface area contributed by atoms with Crippen molar-refractivity contribution in [3.63, 3.8) is 0 Å². The molecule has 4 nitrogen and oxygen atoms in total. The van der Waals surface area contributed by atoms with Crippen LogP contribution in [0.1, 0.15) is 18.7 Å². The summed E-state index contributed by atoms with van der Waals surface area (Å²) in [5, 5.41) is 20.2. The lowest BCUT2D eigenvalue weighted by Crippen LogP contribution is -2.48. The van der Waals surface area contributed by atoms with E-state index in [1.165, 1.54) is 19.1 Å². The average molecular weight is 276 g/mol. The van der Waals surface area contributed by atoms with Crippen LogP contribution < -0.4 is 5.73 Å². The van der Waals surface area contributed by atoms with Crippen LogP contribution in [0.2, 0.25) is 5.02 Å². The predicted molar refractivity (Wildman–Crippen MR) is 64.8 cm³/mol. The smallest absolute Gasteiger partial charge is 0.154 e. The Bertz CT molecular complexity index is 426. The number of hydrogen-bond acceptors (Lipinski definition) is 4. The van der Waals surface area contributed by atoms with Crippen molar-refractivity contribution in [2.45, 2.75) is 37.1 Å². The summed E-state index contributed by atoms with van der Waals surface area (Å²) in [5.74, 6) is 0. The summed E-state index contributed by atoms with van der Waals surface area (Å²) < 4.78 is 19.4. The minimum absolute atomic E-state index is 0.311. The van der Waals surface area contributed by atoms with Crippen LogP contribution in [0.4, 0.5) is 4.39 Å². The number of ether oxygens (including phenoxy) is 1. The molecule has 1 aliphatic rings. The van der Waals surface area contributed by atoms with E-state index in [2.05, 4.69) is 0 Å². The highest BCUT2D eigenvalue weighted by Crippen LogP contribution is 2.38. The second-order valence-electron chi connectivity index (χ2n) is 4.65. The van der Waals surface area contributed by atoms with Crippen molar-refractivity contribution in [2.24, 2.45) is 5.73 Å². The van der Waals surface area contributed by atoms with Gasteiger partial charge < -0.3 is 20.7 Å². The van der Waals surface area contributed by atoms with Crippen LogP contribution in [-0.4, -0.2) is 34.2 Å². The van der Waals surface area contributed by atoms with Gasteiger partial charge in [0.05, 0.1) is 0 Å². The molecule has 1 aliphatic heterocycles. The van der Waals surface area contributed by atoms with E-state index in [0.29, 0.717) is 10.6 Å². The lowest BCUT2D eigenvalue weighted by atomic mass is 9.89. The zero-order chi connectivity index (χ0) is 13.5. The maximum Gasteiger partial charge on any atom is 0.154 e. The minimum atomic E-state index is -1.74. The largest absolute Gasteiger partial charge is 0.386 e. The van der Waals surface area contributed by atoms with Crippen LogP contribution in [-0.2, 0) is 4.74 Å². The van der Waals surface area contributed by atoms with E-state index >= 15 is 0 Å². The molecule has 1 aromatic rings. The lowest BCUT2D eigenvalue weighted by molar-refractivity contribution is -0.0912. The summed E-state index contributed by atoms with van der Waals surface area (Å²) in [6.07, 6.45) is -5.24. The topological polar surface area (TPSA) is 75.7 Å². The highest BCUT2D eigenvalue weighted by molar-refractivity contribution is 6.30. The second-order valence-corrected chi connectivity index (χ2v) is 5.08. The number of benzene rings is 1. The molecule has 1 fully saturated rings. The molecule has 1 heterocycles. The van der Waals surface area contributed by atoms with Gasteiger partial charge in [-0.3, -0.25) is 0 Å². The molecular weight excluding hydrogens is 261 g/mol. The van der Waals surface area contributed by atoms with Gasteiger partial charge >= 0.3 is 0 Å². The minimum Gasteiger partial charge on any atom is -0.386 e. The zero-order valence-electron chi connectivity index (χ0n) is 9.75. The van der Waals surface area contributed by atoms with Gasteiger partial charge in [0, 0.05) is 5.02 Å². The van der Waals surface area contributed by atoms with Gasteiger partial charge in [-0.2, -0.15) is 0 Å². The molecular formula is C12H15ClFNO3. The lowest BCUT2D eigenvalue weighted by Gasteiger charge is -2.28. The SMILES string of the molecule is C[C@@]1(O)[C@@H]([C@H](F)c2ccc(Cl)cc2)O[C@@H](N)[C@@H]1O. The van der Waals surface area contributed by atoms with Crippen LogP contribution in [0.5, 0.6) is 0 Å². The Morgan fingerprint density at radius 3 is 2.44 bits per heavy atom. The molecule has 0 spiro atoms. The first-order valence-corrected chi connectivity index (χ1v) is 5.93. The summed E-state index contributed by atoms with van der Waals surface area (Å²) in [4.78, 5) is 0. The highest BCUT2D eigenvalue weighted by atomic mass is 35.5. The van der Waals surface area contributed by atoms with Gasteiger partial charge in [-0.1, -0.05) is 23.7 Å². The first kappa shape index (κ1) is 13.7. The van der Waals surface area contributed by atoms with E-state index in [4.69, 9.17) is 22.1 Å². The molecule has 100 valence electrons. The third-order valence-corrected chi connectivity index (χ3v) is 3.50. The first-order valence-electron chi connectivity index (χ1n) is 5.55. The van der Waals surface area contributed by atoms with Crippen molar-refractivity contribution in [3.8, 4) is 0 Å². The Morgan fingerprint density at radius 1 is 1.44 bits per heavy atom. The van der Waals surface area contributed by atoms with Gasteiger partial charge in [0.2, 0.25) is 0 Å². The van der Waals surface area contributed by atoms with Crippen LogP contribution >= 0.6 is 11.6 Å². The van der Waals surface area contributed by atoms with Crippen molar-refractivity contribution >= 4 is 11.6 Å². The Kier molecular flexibility index (Phi) is 3.62. The third kappa shape index (κ3) is 2.24. The average Bonchev–Trinajstić information content (AvgIpc) is 2.53. The van der Waals surface area contributed by atoms with Gasteiger partial charge in [-0.25, -0.2) is 4.39 Å². The molecule has 0 unspecified atom stereocenters. The number of aliphatic hydroxyl groups is 2. The van der Waals surface area contributed by atoms with Crippen LogP contribution in [0.25, 0.3) is 0 Å². The Labute approximate surface area is 109 Å². The van der Waals surface area contributed by atoms with Gasteiger partial charge in [0.1, 0.15) is 24.0 Å². The molecule has 0 amide bonds. The molecule has 4 N–H and O–H groups in total. The van der Waals surface area contributed by atoms with Gasteiger partial charge in [-0.15, -0.1) is 0 Å². The Hall–Kier alpha value is -0.720. The molecule has 0 aliphatic carbocycles. The van der Waals surface area contributed by atoms with Crippen molar-refractivity contribution in [1.82, 2.24) is 0 Å². The molecule has 6 heteroatoms. The number of nitrogens with two attached hydrogens (primary N) is 1. The Morgan fingerprint density at radius 2 is 2.00 bits per heavy atom. The predicted octanol–water partition coefficient (Wildman–Crippen LogP) is 1.15. The van der Waals surface area contributed by atoms with E-state index in [9.17, 15) is 14.6 Å². The van der Waals surface area contributed by atoms with Gasteiger partial charge in [0.15, 0.2) is 6.17 Å². The number of halogens is 2. The van der Waals surface area contributed by atoms with Crippen molar-refractivity contribution < 1.29 is 19.3 Å². The van der Waals surface area contributed by atoms with E-state index in [-0.39, 0.29) is 0 Å². The molecule has 0 bridgehead atoms. The number of hydrogen-bond donors (Lipinski definition) is 3. The second kappa shape index (κ2) is 4.75. The number of aliphatic hydroxyl groups excluding tert-OH is 1.